The highest BCUT2D eigenvalue weighted by Crippen LogP contribution is 2.31. The van der Waals surface area contributed by atoms with Crippen molar-refractivity contribution in [3.05, 3.63) is 64.5 Å². The zero-order valence-corrected chi connectivity index (χ0v) is 12.7. The Morgan fingerprint density at radius 3 is 2.52 bits per heavy atom. The molecule has 25 heavy (non-hydrogen) atoms. The van der Waals surface area contributed by atoms with E-state index in [9.17, 15) is 23.3 Å². The molecule has 0 saturated heterocycles. The Balaban J connectivity index is 1.86. The maximum atomic E-state index is 13.2. The summed E-state index contributed by atoms with van der Waals surface area (Å²) in [6.07, 6.45) is -4.61. The van der Waals surface area contributed by atoms with Crippen molar-refractivity contribution in [3.63, 3.8) is 0 Å². The molecule has 0 aliphatic carbocycles. The fraction of sp³-hybridized carbons (Fsp3) is 0.188. The van der Waals surface area contributed by atoms with Crippen molar-refractivity contribution in [2.75, 3.05) is 6.61 Å². The minimum absolute atomic E-state index is 0.00507. The van der Waals surface area contributed by atoms with Gasteiger partial charge >= 0.3 is 11.9 Å². The molecule has 0 aliphatic heterocycles. The molecule has 0 spiro atoms. The SMILES string of the molecule is O=[N+]([O-])c1ccccc1OCCn1c(C(F)(F)F)nc2ccccc21. The van der Waals surface area contributed by atoms with Gasteiger partial charge in [0.2, 0.25) is 5.82 Å². The molecule has 2 aromatic carbocycles. The number of para-hydroxylation sites is 4. The van der Waals surface area contributed by atoms with Gasteiger partial charge in [0.1, 0.15) is 6.61 Å². The summed E-state index contributed by atoms with van der Waals surface area (Å²) in [5, 5.41) is 10.9. The average molecular weight is 351 g/mol. The lowest BCUT2D eigenvalue weighted by atomic mass is 10.3. The van der Waals surface area contributed by atoms with Crippen LogP contribution in [0.5, 0.6) is 5.75 Å². The average Bonchev–Trinajstić information content (AvgIpc) is 2.94. The van der Waals surface area contributed by atoms with Crippen molar-refractivity contribution < 1.29 is 22.8 Å². The second-order valence-electron chi connectivity index (χ2n) is 5.15. The Bertz CT molecular complexity index is 922. The molecule has 3 aromatic rings. The molecule has 0 atom stereocenters. The molecule has 0 saturated carbocycles. The summed E-state index contributed by atoms with van der Waals surface area (Å²) < 4.78 is 45.9. The standard InChI is InChI=1S/C16H12F3N3O3/c17-16(18,19)15-20-11-5-1-2-6-12(11)21(15)9-10-25-14-8-4-3-7-13(14)22(23)24/h1-8H,9-10H2. The molecule has 9 heteroatoms. The number of rotatable bonds is 5. The molecule has 0 bridgehead atoms. The number of halogens is 3. The lowest BCUT2D eigenvalue weighted by Crippen LogP contribution is -2.18. The number of nitro groups is 1. The predicted octanol–water partition coefficient (Wildman–Crippen LogP) is 4.04. The van der Waals surface area contributed by atoms with Crippen LogP contribution in [0.3, 0.4) is 0 Å². The highest BCUT2D eigenvalue weighted by atomic mass is 19.4. The van der Waals surface area contributed by atoms with Crippen molar-refractivity contribution in [1.29, 1.82) is 0 Å². The molecule has 1 heterocycles. The van der Waals surface area contributed by atoms with E-state index in [4.69, 9.17) is 4.74 Å². The number of aromatic nitrogens is 2. The van der Waals surface area contributed by atoms with Crippen molar-refractivity contribution >= 4 is 16.7 Å². The third-order valence-corrected chi connectivity index (χ3v) is 3.54. The van der Waals surface area contributed by atoms with Gasteiger partial charge < -0.3 is 9.30 Å². The number of hydrogen-bond donors (Lipinski definition) is 0. The number of nitro benzene ring substituents is 1. The zero-order valence-electron chi connectivity index (χ0n) is 12.7. The van der Waals surface area contributed by atoms with E-state index < -0.39 is 16.9 Å². The van der Waals surface area contributed by atoms with Gasteiger partial charge in [0, 0.05) is 6.07 Å². The molecule has 6 nitrogen and oxygen atoms in total. The number of alkyl halides is 3. The third-order valence-electron chi connectivity index (χ3n) is 3.54. The molecule has 3 rings (SSSR count). The van der Waals surface area contributed by atoms with Gasteiger partial charge in [-0.15, -0.1) is 0 Å². The Kier molecular flexibility index (Phi) is 4.30. The second kappa shape index (κ2) is 6.42. The van der Waals surface area contributed by atoms with E-state index >= 15 is 0 Å². The highest BCUT2D eigenvalue weighted by molar-refractivity contribution is 5.76. The minimum atomic E-state index is -4.61. The van der Waals surface area contributed by atoms with Crippen molar-refractivity contribution in [2.45, 2.75) is 12.7 Å². The summed E-state index contributed by atoms with van der Waals surface area (Å²) in [6.45, 7) is -0.324. The van der Waals surface area contributed by atoms with Crippen LogP contribution < -0.4 is 4.74 Å². The van der Waals surface area contributed by atoms with Crippen molar-refractivity contribution in [1.82, 2.24) is 9.55 Å². The summed E-state index contributed by atoms with van der Waals surface area (Å²) in [5.74, 6) is -1.02. The molecule has 0 amide bonds. The fourth-order valence-electron chi connectivity index (χ4n) is 2.50. The smallest absolute Gasteiger partial charge is 0.449 e. The topological polar surface area (TPSA) is 70.2 Å². The zero-order chi connectivity index (χ0) is 18.0. The Labute approximate surface area is 139 Å². The molecular formula is C16H12F3N3O3. The van der Waals surface area contributed by atoms with Crippen LogP contribution in [0.4, 0.5) is 18.9 Å². The fourth-order valence-corrected chi connectivity index (χ4v) is 2.50. The molecule has 1 aromatic heterocycles. The van der Waals surface area contributed by atoms with Gasteiger partial charge in [-0.25, -0.2) is 4.98 Å². The van der Waals surface area contributed by atoms with E-state index in [-0.39, 0.29) is 30.1 Å². The van der Waals surface area contributed by atoms with Gasteiger partial charge in [0.05, 0.1) is 22.5 Å². The molecule has 0 N–H and O–H groups in total. The van der Waals surface area contributed by atoms with E-state index in [2.05, 4.69) is 4.98 Å². The predicted molar refractivity (Wildman–Crippen MR) is 83.3 cm³/mol. The highest BCUT2D eigenvalue weighted by Gasteiger charge is 2.37. The number of benzene rings is 2. The van der Waals surface area contributed by atoms with E-state index in [0.717, 1.165) is 4.57 Å². The van der Waals surface area contributed by atoms with Crippen LogP contribution in [0.1, 0.15) is 5.82 Å². The maximum absolute atomic E-state index is 13.2. The summed E-state index contributed by atoms with van der Waals surface area (Å²) in [4.78, 5) is 14.0. The normalized spacial score (nSPS) is 11.6. The number of fused-ring (bicyclic) bond motifs is 1. The van der Waals surface area contributed by atoms with Gasteiger partial charge in [0.25, 0.3) is 0 Å². The molecule has 0 aliphatic rings. The van der Waals surface area contributed by atoms with Crippen LogP contribution in [0, 0.1) is 10.1 Å². The third kappa shape index (κ3) is 3.39. The Hall–Kier alpha value is -3.10. The Morgan fingerprint density at radius 1 is 1.12 bits per heavy atom. The van der Waals surface area contributed by atoms with Gasteiger partial charge in [0.15, 0.2) is 5.75 Å². The van der Waals surface area contributed by atoms with Crippen LogP contribution in [0.2, 0.25) is 0 Å². The second-order valence-corrected chi connectivity index (χ2v) is 5.15. The minimum Gasteiger partial charge on any atom is -0.485 e. The van der Waals surface area contributed by atoms with E-state index in [1.165, 1.54) is 30.3 Å². The molecular weight excluding hydrogens is 339 g/mol. The first-order chi connectivity index (χ1) is 11.9. The monoisotopic (exact) mass is 351 g/mol. The number of imidazole rings is 1. The summed E-state index contributed by atoms with van der Waals surface area (Å²) in [7, 11) is 0. The van der Waals surface area contributed by atoms with Crippen LogP contribution in [-0.4, -0.2) is 21.1 Å². The quantitative estimate of drug-likeness (QED) is 0.514. The lowest BCUT2D eigenvalue weighted by molar-refractivity contribution is -0.385. The summed E-state index contributed by atoms with van der Waals surface area (Å²) >= 11 is 0. The number of ether oxygens (including phenoxy) is 1. The first-order valence-corrected chi connectivity index (χ1v) is 7.26. The van der Waals surface area contributed by atoms with Crippen LogP contribution in [-0.2, 0) is 12.7 Å². The van der Waals surface area contributed by atoms with Gasteiger partial charge in [-0.2, -0.15) is 13.2 Å². The van der Waals surface area contributed by atoms with Crippen molar-refractivity contribution in [2.24, 2.45) is 0 Å². The Morgan fingerprint density at radius 2 is 1.80 bits per heavy atom. The van der Waals surface area contributed by atoms with E-state index in [1.54, 1.807) is 18.2 Å². The molecule has 0 fully saturated rings. The van der Waals surface area contributed by atoms with Gasteiger partial charge in [-0.1, -0.05) is 24.3 Å². The van der Waals surface area contributed by atoms with Crippen molar-refractivity contribution in [3.8, 4) is 5.75 Å². The van der Waals surface area contributed by atoms with E-state index in [0.29, 0.717) is 5.52 Å². The molecule has 130 valence electrons. The van der Waals surface area contributed by atoms with Gasteiger partial charge in [-0.3, -0.25) is 10.1 Å². The molecule has 0 radical (unpaired) electrons. The number of nitrogens with zero attached hydrogens (tertiary/aromatic N) is 3. The first-order valence-electron chi connectivity index (χ1n) is 7.26. The maximum Gasteiger partial charge on any atom is 0.449 e. The van der Waals surface area contributed by atoms with Crippen LogP contribution in [0.15, 0.2) is 48.5 Å². The van der Waals surface area contributed by atoms with Gasteiger partial charge in [-0.05, 0) is 18.2 Å². The summed E-state index contributed by atoms with van der Waals surface area (Å²) in [5.41, 5.74) is 0.301. The molecule has 0 unspecified atom stereocenters. The van der Waals surface area contributed by atoms with Crippen LogP contribution in [0.25, 0.3) is 11.0 Å². The number of hydrogen-bond acceptors (Lipinski definition) is 4. The first kappa shape index (κ1) is 16.7. The largest absolute Gasteiger partial charge is 0.485 e. The van der Waals surface area contributed by atoms with Crippen LogP contribution >= 0.6 is 0 Å². The summed E-state index contributed by atoms with van der Waals surface area (Å²) in [6, 6.07) is 11.9. The lowest BCUT2D eigenvalue weighted by Gasteiger charge is -2.12. The van der Waals surface area contributed by atoms with E-state index in [1.807, 2.05) is 0 Å².